The van der Waals surface area contributed by atoms with Crippen molar-refractivity contribution in [2.75, 3.05) is 0 Å². The van der Waals surface area contributed by atoms with E-state index in [2.05, 4.69) is 10.4 Å². The molecule has 5 heteroatoms. The van der Waals surface area contributed by atoms with Crippen LogP contribution >= 0.6 is 11.3 Å². The summed E-state index contributed by atoms with van der Waals surface area (Å²) in [5.41, 5.74) is 5.21. The van der Waals surface area contributed by atoms with E-state index in [-0.39, 0.29) is 11.9 Å². The second kappa shape index (κ2) is 5.89. The van der Waals surface area contributed by atoms with Gasteiger partial charge in [0.25, 0.3) is 0 Å². The first-order valence-corrected chi connectivity index (χ1v) is 7.55. The van der Waals surface area contributed by atoms with Crippen molar-refractivity contribution in [1.82, 2.24) is 10.4 Å². The average Bonchev–Trinajstić information content (AvgIpc) is 2.90. The molecule has 1 heterocycles. The number of hydrazine groups is 1. The van der Waals surface area contributed by atoms with E-state index in [1.807, 2.05) is 30.3 Å². The summed E-state index contributed by atoms with van der Waals surface area (Å²) in [5, 5.41) is 0.986. The average molecular weight is 301 g/mol. The molecule has 3 N–H and O–H groups in total. The summed E-state index contributed by atoms with van der Waals surface area (Å²) in [5.74, 6) is 5.43. The Morgan fingerprint density at radius 1 is 1.29 bits per heavy atom. The van der Waals surface area contributed by atoms with Crippen molar-refractivity contribution in [3.63, 3.8) is 0 Å². The number of fused-ring (bicyclic) bond motifs is 1. The van der Waals surface area contributed by atoms with Gasteiger partial charge in [-0.2, -0.15) is 0 Å². The van der Waals surface area contributed by atoms with Crippen molar-refractivity contribution in [3.05, 3.63) is 64.4 Å². The lowest BCUT2D eigenvalue weighted by atomic mass is 10.0. The number of hydrogen-bond acceptors (Lipinski definition) is 4. The SMILES string of the molecule is Cc1ccc(C(Cc2nc3ccccc3s2)NN)cc1F. The summed E-state index contributed by atoms with van der Waals surface area (Å²) in [6.45, 7) is 1.75. The molecule has 0 bridgehead atoms. The summed E-state index contributed by atoms with van der Waals surface area (Å²) in [4.78, 5) is 4.60. The van der Waals surface area contributed by atoms with Crippen LogP contribution in [0.2, 0.25) is 0 Å². The largest absolute Gasteiger partial charge is 0.271 e. The molecule has 1 atom stereocenters. The number of hydrogen-bond donors (Lipinski definition) is 2. The van der Waals surface area contributed by atoms with Crippen LogP contribution in [0, 0.1) is 12.7 Å². The fraction of sp³-hybridized carbons (Fsp3) is 0.188. The normalized spacial score (nSPS) is 12.7. The molecule has 0 aliphatic heterocycles. The zero-order valence-electron chi connectivity index (χ0n) is 11.6. The van der Waals surface area contributed by atoms with Gasteiger partial charge in [0.1, 0.15) is 5.82 Å². The third-order valence-corrected chi connectivity index (χ3v) is 4.58. The Morgan fingerprint density at radius 3 is 2.81 bits per heavy atom. The van der Waals surface area contributed by atoms with Crippen LogP contribution in [-0.2, 0) is 6.42 Å². The minimum absolute atomic E-state index is 0.152. The molecule has 0 aliphatic rings. The molecule has 1 aromatic heterocycles. The molecule has 2 aromatic carbocycles. The molecule has 3 aromatic rings. The Labute approximate surface area is 126 Å². The molecular formula is C16H16FN3S. The van der Waals surface area contributed by atoms with Gasteiger partial charge in [-0.3, -0.25) is 11.3 Å². The van der Waals surface area contributed by atoms with Gasteiger partial charge >= 0.3 is 0 Å². The van der Waals surface area contributed by atoms with Gasteiger partial charge in [0.15, 0.2) is 0 Å². The Morgan fingerprint density at radius 2 is 2.10 bits per heavy atom. The maximum atomic E-state index is 13.7. The number of thiazole rings is 1. The van der Waals surface area contributed by atoms with Crippen LogP contribution in [0.1, 0.15) is 22.2 Å². The van der Waals surface area contributed by atoms with E-state index in [0.717, 1.165) is 20.8 Å². The Kier molecular flexibility index (Phi) is 3.96. The van der Waals surface area contributed by atoms with Gasteiger partial charge < -0.3 is 0 Å². The first kappa shape index (κ1) is 14.1. The maximum absolute atomic E-state index is 13.7. The van der Waals surface area contributed by atoms with E-state index in [1.165, 1.54) is 6.07 Å². The summed E-state index contributed by atoms with van der Waals surface area (Å²) in [6.07, 6.45) is 0.637. The van der Waals surface area contributed by atoms with E-state index in [0.29, 0.717) is 12.0 Å². The van der Waals surface area contributed by atoms with Crippen LogP contribution in [0.25, 0.3) is 10.2 Å². The molecule has 3 rings (SSSR count). The number of halogens is 1. The van der Waals surface area contributed by atoms with E-state index in [4.69, 9.17) is 5.84 Å². The lowest BCUT2D eigenvalue weighted by Gasteiger charge is -2.15. The zero-order valence-corrected chi connectivity index (χ0v) is 12.5. The lowest BCUT2D eigenvalue weighted by Crippen LogP contribution is -2.29. The molecule has 3 nitrogen and oxygen atoms in total. The standard InChI is InChI=1S/C16H16FN3S/c1-10-6-7-11(8-12(10)17)14(20-18)9-16-19-13-4-2-3-5-15(13)21-16/h2-8,14,20H,9,18H2,1H3. The number of aryl methyl sites for hydroxylation is 1. The van der Waals surface area contributed by atoms with Crippen LogP contribution in [0.3, 0.4) is 0 Å². The number of aromatic nitrogens is 1. The third kappa shape index (κ3) is 2.95. The second-order valence-corrected chi connectivity index (χ2v) is 6.12. The van der Waals surface area contributed by atoms with Crippen molar-refractivity contribution >= 4 is 21.6 Å². The molecule has 0 spiro atoms. The van der Waals surface area contributed by atoms with Gasteiger partial charge in [0.2, 0.25) is 0 Å². The first-order chi connectivity index (χ1) is 10.2. The monoisotopic (exact) mass is 301 g/mol. The van der Waals surface area contributed by atoms with Crippen molar-refractivity contribution in [2.45, 2.75) is 19.4 Å². The van der Waals surface area contributed by atoms with Crippen molar-refractivity contribution in [1.29, 1.82) is 0 Å². The van der Waals surface area contributed by atoms with E-state index < -0.39 is 0 Å². The Hall–Kier alpha value is -1.82. The van der Waals surface area contributed by atoms with E-state index in [1.54, 1.807) is 24.3 Å². The third-order valence-electron chi connectivity index (χ3n) is 3.52. The number of benzene rings is 2. The summed E-state index contributed by atoms with van der Waals surface area (Å²) >= 11 is 1.64. The maximum Gasteiger partial charge on any atom is 0.126 e. The van der Waals surface area contributed by atoms with Gasteiger partial charge in [0, 0.05) is 6.42 Å². The van der Waals surface area contributed by atoms with Crippen LogP contribution in [0.15, 0.2) is 42.5 Å². The van der Waals surface area contributed by atoms with Gasteiger partial charge in [-0.1, -0.05) is 24.3 Å². The van der Waals surface area contributed by atoms with Crippen LogP contribution in [0.4, 0.5) is 4.39 Å². The molecule has 108 valence electrons. The number of para-hydroxylation sites is 1. The predicted molar refractivity (Wildman–Crippen MR) is 84.5 cm³/mol. The molecule has 0 saturated heterocycles. The smallest absolute Gasteiger partial charge is 0.126 e. The number of nitrogens with two attached hydrogens (primary N) is 1. The highest BCUT2D eigenvalue weighted by atomic mass is 32.1. The summed E-state index contributed by atoms with van der Waals surface area (Å²) in [7, 11) is 0. The second-order valence-electron chi connectivity index (χ2n) is 5.01. The molecule has 0 fully saturated rings. The molecule has 0 saturated carbocycles. The minimum atomic E-state index is -0.211. The van der Waals surface area contributed by atoms with Crippen LogP contribution < -0.4 is 11.3 Å². The predicted octanol–water partition coefficient (Wildman–Crippen LogP) is 3.49. The van der Waals surface area contributed by atoms with Gasteiger partial charge in [-0.25, -0.2) is 9.37 Å². The molecule has 1 unspecified atom stereocenters. The number of nitrogens with zero attached hydrogens (tertiary/aromatic N) is 1. The molecule has 21 heavy (non-hydrogen) atoms. The van der Waals surface area contributed by atoms with Crippen LogP contribution in [0.5, 0.6) is 0 Å². The molecular weight excluding hydrogens is 285 g/mol. The minimum Gasteiger partial charge on any atom is -0.271 e. The fourth-order valence-corrected chi connectivity index (χ4v) is 3.29. The fourth-order valence-electron chi connectivity index (χ4n) is 2.28. The first-order valence-electron chi connectivity index (χ1n) is 6.74. The highest BCUT2D eigenvalue weighted by molar-refractivity contribution is 7.18. The summed E-state index contributed by atoms with van der Waals surface area (Å²) in [6, 6.07) is 13.1. The Balaban J connectivity index is 1.88. The molecule has 0 amide bonds. The van der Waals surface area contributed by atoms with Gasteiger partial charge in [-0.05, 0) is 36.2 Å². The van der Waals surface area contributed by atoms with Crippen LogP contribution in [-0.4, -0.2) is 4.98 Å². The van der Waals surface area contributed by atoms with Crippen molar-refractivity contribution < 1.29 is 4.39 Å². The van der Waals surface area contributed by atoms with E-state index >= 15 is 0 Å². The molecule has 0 radical (unpaired) electrons. The quantitative estimate of drug-likeness (QED) is 0.573. The van der Waals surface area contributed by atoms with Gasteiger partial charge in [-0.15, -0.1) is 11.3 Å². The molecule has 0 aliphatic carbocycles. The zero-order chi connectivity index (χ0) is 14.8. The topological polar surface area (TPSA) is 50.9 Å². The van der Waals surface area contributed by atoms with Gasteiger partial charge in [0.05, 0.1) is 21.3 Å². The van der Waals surface area contributed by atoms with Crippen molar-refractivity contribution in [2.24, 2.45) is 5.84 Å². The lowest BCUT2D eigenvalue weighted by molar-refractivity contribution is 0.542. The highest BCUT2D eigenvalue weighted by Crippen LogP contribution is 2.26. The van der Waals surface area contributed by atoms with Crippen molar-refractivity contribution in [3.8, 4) is 0 Å². The van der Waals surface area contributed by atoms with E-state index in [9.17, 15) is 4.39 Å². The number of rotatable bonds is 4. The highest BCUT2D eigenvalue weighted by Gasteiger charge is 2.15. The number of nitrogens with one attached hydrogen (secondary N) is 1. The Bertz CT molecular complexity index is 736. The summed E-state index contributed by atoms with van der Waals surface area (Å²) < 4.78 is 14.9.